The smallest absolute Gasteiger partial charge is 0.141 e. The van der Waals surface area contributed by atoms with E-state index in [-0.39, 0.29) is 6.10 Å². The van der Waals surface area contributed by atoms with Crippen molar-refractivity contribution in [1.29, 1.82) is 0 Å². The molecule has 0 saturated carbocycles. The molecule has 0 bridgehead atoms. The molecule has 1 N–H and O–H groups in total. The minimum atomic E-state index is 0.266. The largest absolute Gasteiger partial charge is 0.489 e. The first-order valence-electron chi connectivity index (χ1n) is 6.43. The molecule has 2 heterocycles. The van der Waals surface area contributed by atoms with Crippen LogP contribution in [0.25, 0.3) is 0 Å². The molecule has 92 valence electrons. The van der Waals surface area contributed by atoms with Crippen LogP contribution >= 0.6 is 11.6 Å². The van der Waals surface area contributed by atoms with Gasteiger partial charge in [-0.15, -0.1) is 0 Å². The van der Waals surface area contributed by atoms with E-state index in [0.29, 0.717) is 6.04 Å². The summed E-state index contributed by atoms with van der Waals surface area (Å²) in [5.41, 5.74) is 2.61. The Morgan fingerprint density at radius 2 is 2.35 bits per heavy atom. The van der Waals surface area contributed by atoms with Gasteiger partial charge in [0.2, 0.25) is 0 Å². The lowest BCUT2D eigenvalue weighted by Crippen LogP contribution is -2.23. The summed E-state index contributed by atoms with van der Waals surface area (Å²) < 4.78 is 5.71. The fourth-order valence-corrected chi connectivity index (χ4v) is 3.19. The van der Waals surface area contributed by atoms with E-state index in [1.54, 1.807) is 0 Å². The van der Waals surface area contributed by atoms with Crippen molar-refractivity contribution < 1.29 is 4.74 Å². The SMILES string of the molecule is CC1Cc2cc(CC3CCCN3)cc(Cl)c2O1. The molecule has 2 unspecified atom stereocenters. The Kier molecular flexibility index (Phi) is 3.01. The van der Waals surface area contributed by atoms with Gasteiger partial charge < -0.3 is 10.1 Å². The molecule has 3 heteroatoms. The lowest BCUT2D eigenvalue weighted by Gasteiger charge is -2.12. The summed E-state index contributed by atoms with van der Waals surface area (Å²) in [5.74, 6) is 0.905. The van der Waals surface area contributed by atoms with Gasteiger partial charge in [0.05, 0.1) is 5.02 Å². The quantitative estimate of drug-likeness (QED) is 0.873. The van der Waals surface area contributed by atoms with Crippen LogP contribution in [0.15, 0.2) is 12.1 Å². The zero-order valence-corrected chi connectivity index (χ0v) is 10.9. The van der Waals surface area contributed by atoms with E-state index in [4.69, 9.17) is 16.3 Å². The van der Waals surface area contributed by atoms with Crippen molar-refractivity contribution >= 4 is 11.6 Å². The maximum atomic E-state index is 6.28. The second kappa shape index (κ2) is 4.51. The molecular weight excluding hydrogens is 234 g/mol. The Morgan fingerprint density at radius 1 is 1.47 bits per heavy atom. The second-order valence-electron chi connectivity index (χ2n) is 5.20. The molecule has 3 rings (SSSR count). The van der Waals surface area contributed by atoms with Gasteiger partial charge in [-0.3, -0.25) is 0 Å². The molecule has 2 nitrogen and oxygen atoms in total. The molecule has 2 aliphatic heterocycles. The minimum Gasteiger partial charge on any atom is -0.489 e. The van der Waals surface area contributed by atoms with E-state index in [1.807, 2.05) is 0 Å². The second-order valence-corrected chi connectivity index (χ2v) is 5.60. The van der Waals surface area contributed by atoms with Crippen molar-refractivity contribution in [3.63, 3.8) is 0 Å². The summed E-state index contributed by atoms with van der Waals surface area (Å²) in [5, 5.41) is 4.30. The summed E-state index contributed by atoms with van der Waals surface area (Å²) in [4.78, 5) is 0. The van der Waals surface area contributed by atoms with Crippen LogP contribution in [0.4, 0.5) is 0 Å². The van der Waals surface area contributed by atoms with E-state index in [2.05, 4.69) is 24.4 Å². The number of rotatable bonds is 2. The van der Waals surface area contributed by atoms with Crippen molar-refractivity contribution in [3.05, 3.63) is 28.3 Å². The Labute approximate surface area is 107 Å². The average Bonchev–Trinajstić information content (AvgIpc) is 2.87. The Balaban J connectivity index is 1.82. The molecular formula is C14H18ClNO. The van der Waals surface area contributed by atoms with Gasteiger partial charge >= 0.3 is 0 Å². The number of hydrogen-bond acceptors (Lipinski definition) is 2. The molecule has 0 aromatic heterocycles. The van der Waals surface area contributed by atoms with Gasteiger partial charge in [-0.25, -0.2) is 0 Å². The third-order valence-corrected chi connectivity index (χ3v) is 3.93. The third-order valence-electron chi connectivity index (χ3n) is 3.65. The molecule has 0 spiro atoms. The molecule has 1 aromatic carbocycles. The van der Waals surface area contributed by atoms with Crippen LogP contribution in [-0.4, -0.2) is 18.7 Å². The molecule has 0 radical (unpaired) electrons. The van der Waals surface area contributed by atoms with E-state index in [1.165, 1.54) is 24.0 Å². The van der Waals surface area contributed by atoms with Crippen molar-refractivity contribution in [2.24, 2.45) is 0 Å². The third kappa shape index (κ3) is 2.29. The molecule has 1 fully saturated rings. The number of nitrogens with one attached hydrogen (secondary N) is 1. The van der Waals surface area contributed by atoms with Crippen LogP contribution < -0.4 is 10.1 Å². The fraction of sp³-hybridized carbons (Fsp3) is 0.571. The van der Waals surface area contributed by atoms with Crippen molar-refractivity contribution in [2.45, 2.75) is 44.8 Å². The number of hydrogen-bond donors (Lipinski definition) is 1. The molecule has 0 amide bonds. The van der Waals surface area contributed by atoms with Crippen LogP contribution in [0.5, 0.6) is 5.75 Å². The summed E-state index contributed by atoms with van der Waals surface area (Å²) >= 11 is 6.28. The highest BCUT2D eigenvalue weighted by atomic mass is 35.5. The van der Waals surface area contributed by atoms with E-state index < -0.39 is 0 Å². The van der Waals surface area contributed by atoms with Crippen LogP contribution in [0, 0.1) is 0 Å². The lowest BCUT2D eigenvalue weighted by molar-refractivity contribution is 0.255. The van der Waals surface area contributed by atoms with Crippen molar-refractivity contribution in [3.8, 4) is 5.75 Å². The molecule has 17 heavy (non-hydrogen) atoms. The first kappa shape index (κ1) is 11.4. The Bertz CT molecular complexity index is 426. The lowest BCUT2D eigenvalue weighted by atomic mass is 10.0. The van der Waals surface area contributed by atoms with Crippen LogP contribution in [0.3, 0.4) is 0 Å². The Morgan fingerprint density at radius 3 is 3.12 bits per heavy atom. The molecule has 1 aromatic rings. The summed E-state index contributed by atoms with van der Waals surface area (Å²) in [6.07, 6.45) is 4.91. The highest BCUT2D eigenvalue weighted by Crippen LogP contribution is 2.37. The van der Waals surface area contributed by atoms with Gasteiger partial charge in [0.15, 0.2) is 0 Å². The van der Waals surface area contributed by atoms with Crippen LogP contribution in [0.1, 0.15) is 30.9 Å². The highest BCUT2D eigenvalue weighted by Gasteiger charge is 2.23. The number of benzene rings is 1. The molecule has 2 atom stereocenters. The zero-order valence-electron chi connectivity index (χ0n) is 10.1. The molecule has 0 aliphatic carbocycles. The normalized spacial score (nSPS) is 26.9. The predicted octanol–water partition coefficient (Wildman–Crippen LogP) is 2.96. The van der Waals surface area contributed by atoms with Gasteiger partial charge in [0.25, 0.3) is 0 Å². The van der Waals surface area contributed by atoms with Gasteiger partial charge in [0.1, 0.15) is 11.9 Å². The topological polar surface area (TPSA) is 21.3 Å². The van der Waals surface area contributed by atoms with Gasteiger partial charge in [-0.2, -0.15) is 0 Å². The first-order valence-corrected chi connectivity index (χ1v) is 6.81. The predicted molar refractivity (Wildman–Crippen MR) is 70.0 cm³/mol. The maximum Gasteiger partial charge on any atom is 0.141 e. The fourth-order valence-electron chi connectivity index (χ4n) is 2.88. The molecule has 1 saturated heterocycles. The minimum absolute atomic E-state index is 0.266. The van der Waals surface area contributed by atoms with Gasteiger partial charge in [-0.05, 0) is 49.9 Å². The average molecular weight is 252 g/mol. The standard InChI is InChI=1S/C14H18ClNO/c1-9-5-11-6-10(7-12-3-2-4-16-12)8-13(15)14(11)17-9/h6,8-9,12,16H,2-5,7H2,1H3. The van der Waals surface area contributed by atoms with E-state index in [0.717, 1.165) is 30.2 Å². The number of ether oxygens (including phenoxy) is 1. The summed E-state index contributed by atoms with van der Waals surface area (Å²) in [6, 6.07) is 4.97. The zero-order chi connectivity index (χ0) is 11.8. The van der Waals surface area contributed by atoms with Crippen LogP contribution in [0.2, 0.25) is 5.02 Å². The van der Waals surface area contributed by atoms with Crippen molar-refractivity contribution in [2.75, 3.05) is 6.54 Å². The maximum absolute atomic E-state index is 6.28. The number of fused-ring (bicyclic) bond motifs is 1. The Hall–Kier alpha value is -0.730. The monoisotopic (exact) mass is 251 g/mol. The van der Waals surface area contributed by atoms with Crippen LogP contribution in [-0.2, 0) is 12.8 Å². The van der Waals surface area contributed by atoms with E-state index in [9.17, 15) is 0 Å². The van der Waals surface area contributed by atoms with Gasteiger partial charge in [-0.1, -0.05) is 17.7 Å². The van der Waals surface area contributed by atoms with Crippen molar-refractivity contribution in [1.82, 2.24) is 5.32 Å². The van der Waals surface area contributed by atoms with Gasteiger partial charge in [0, 0.05) is 12.5 Å². The summed E-state index contributed by atoms with van der Waals surface area (Å²) in [7, 11) is 0. The highest BCUT2D eigenvalue weighted by molar-refractivity contribution is 6.32. The first-order chi connectivity index (χ1) is 8.22. The molecule has 2 aliphatic rings. The van der Waals surface area contributed by atoms with E-state index >= 15 is 0 Å². The number of halogens is 1. The summed E-state index contributed by atoms with van der Waals surface area (Å²) in [6.45, 7) is 3.25.